The minimum atomic E-state index is 0.881. The van der Waals surface area contributed by atoms with Crippen molar-refractivity contribution in [2.75, 3.05) is 0 Å². The molecule has 0 aliphatic carbocycles. The van der Waals surface area contributed by atoms with Crippen LogP contribution in [0.4, 0.5) is 0 Å². The summed E-state index contributed by atoms with van der Waals surface area (Å²) in [6, 6.07) is 16.2. The zero-order valence-corrected chi connectivity index (χ0v) is 13.6. The van der Waals surface area contributed by atoms with Gasteiger partial charge in [-0.25, -0.2) is 9.97 Å². The van der Waals surface area contributed by atoms with Crippen LogP contribution in [0.3, 0.4) is 0 Å². The predicted octanol–water partition coefficient (Wildman–Crippen LogP) is 4.37. The van der Waals surface area contributed by atoms with Crippen molar-refractivity contribution in [1.82, 2.24) is 19.9 Å². The van der Waals surface area contributed by atoms with Gasteiger partial charge in [-0.15, -0.1) is 0 Å². The zero-order chi connectivity index (χ0) is 16.5. The maximum atomic E-state index is 4.62. The molecule has 4 heteroatoms. The smallest absolute Gasteiger partial charge is 0.116 e. The monoisotopic (exact) mass is 312 g/mol. The molecule has 0 aliphatic heterocycles. The van der Waals surface area contributed by atoms with E-state index in [1.54, 1.807) is 12.5 Å². The Morgan fingerprint density at radius 2 is 1.75 bits per heavy atom. The SMILES string of the molecule is Cc1cccc(-c2ncccc2-c2ccc3ncnc(C)c3c2)n1. The number of benzene rings is 1. The number of rotatable bonds is 2. The van der Waals surface area contributed by atoms with E-state index < -0.39 is 0 Å². The lowest BCUT2D eigenvalue weighted by Gasteiger charge is -2.10. The van der Waals surface area contributed by atoms with Crippen LogP contribution in [0, 0.1) is 13.8 Å². The Bertz CT molecular complexity index is 1040. The number of fused-ring (bicyclic) bond motifs is 1. The summed E-state index contributed by atoms with van der Waals surface area (Å²) in [6.07, 6.45) is 3.40. The van der Waals surface area contributed by atoms with Crippen LogP contribution in [-0.2, 0) is 0 Å². The summed E-state index contributed by atoms with van der Waals surface area (Å²) in [6.45, 7) is 3.99. The average Bonchev–Trinajstić information content (AvgIpc) is 2.62. The molecule has 0 N–H and O–H groups in total. The summed E-state index contributed by atoms with van der Waals surface area (Å²) in [7, 11) is 0. The molecule has 3 aromatic heterocycles. The summed E-state index contributed by atoms with van der Waals surface area (Å²) in [5, 5.41) is 1.06. The van der Waals surface area contributed by atoms with Crippen LogP contribution in [0.1, 0.15) is 11.4 Å². The van der Waals surface area contributed by atoms with Gasteiger partial charge in [0.2, 0.25) is 0 Å². The molecule has 24 heavy (non-hydrogen) atoms. The molecule has 1 aromatic carbocycles. The van der Waals surface area contributed by atoms with Gasteiger partial charge in [-0.05, 0) is 49.7 Å². The second kappa shape index (κ2) is 5.81. The van der Waals surface area contributed by atoms with Gasteiger partial charge >= 0.3 is 0 Å². The van der Waals surface area contributed by atoms with Crippen molar-refractivity contribution >= 4 is 10.9 Å². The van der Waals surface area contributed by atoms with Crippen molar-refractivity contribution < 1.29 is 0 Å². The second-order valence-electron chi connectivity index (χ2n) is 5.75. The van der Waals surface area contributed by atoms with Crippen LogP contribution in [0.5, 0.6) is 0 Å². The third-order valence-corrected chi connectivity index (χ3v) is 4.08. The molecule has 3 heterocycles. The van der Waals surface area contributed by atoms with E-state index in [0.717, 1.165) is 44.8 Å². The summed E-state index contributed by atoms with van der Waals surface area (Å²) in [4.78, 5) is 17.8. The van der Waals surface area contributed by atoms with E-state index in [1.165, 1.54) is 0 Å². The van der Waals surface area contributed by atoms with Crippen molar-refractivity contribution in [3.05, 3.63) is 72.4 Å². The van der Waals surface area contributed by atoms with Gasteiger partial charge in [-0.3, -0.25) is 9.97 Å². The van der Waals surface area contributed by atoms with Crippen LogP contribution < -0.4 is 0 Å². The average molecular weight is 312 g/mol. The molecule has 4 nitrogen and oxygen atoms in total. The third kappa shape index (κ3) is 2.52. The first-order valence-electron chi connectivity index (χ1n) is 7.83. The van der Waals surface area contributed by atoms with Crippen LogP contribution in [-0.4, -0.2) is 19.9 Å². The van der Waals surface area contributed by atoms with Crippen molar-refractivity contribution in [1.29, 1.82) is 0 Å². The normalized spacial score (nSPS) is 10.9. The van der Waals surface area contributed by atoms with Crippen molar-refractivity contribution in [2.24, 2.45) is 0 Å². The van der Waals surface area contributed by atoms with E-state index in [4.69, 9.17) is 0 Å². The zero-order valence-electron chi connectivity index (χ0n) is 13.6. The maximum absolute atomic E-state index is 4.62. The van der Waals surface area contributed by atoms with Crippen LogP contribution in [0.25, 0.3) is 33.4 Å². The molecule has 0 radical (unpaired) electrons. The topological polar surface area (TPSA) is 51.6 Å². The lowest BCUT2D eigenvalue weighted by atomic mass is 9.99. The first-order valence-corrected chi connectivity index (χ1v) is 7.83. The fourth-order valence-corrected chi connectivity index (χ4v) is 2.87. The highest BCUT2D eigenvalue weighted by atomic mass is 14.8. The Morgan fingerprint density at radius 3 is 2.62 bits per heavy atom. The number of aryl methyl sites for hydroxylation is 2. The first-order chi connectivity index (χ1) is 11.7. The Kier molecular flexibility index (Phi) is 3.50. The molecular formula is C20H16N4. The highest BCUT2D eigenvalue weighted by Crippen LogP contribution is 2.31. The molecule has 0 aliphatic rings. The number of aromatic nitrogens is 4. The fraction of sp³-hybridized carbons (Fsp3) is 0.100. The van der Waals surface area contributed by atoms with Gasteiger partial charge in [-0.2, -0.15) is 0 Å². The van der Waals surface area contributed by atoms with E-state index in [0.29, 0.717) is 0 Å². The fourth-order valence-electron chi connectivity index (χ4n) is 2.87. The van der Waals surface area contributed by atoms with E-state index in [-0.39, 0.29) is 0 Å². The van der Waals surface area contributed by atoms with E-state index in [9.17, 15) is 0 Å². The quantitative estimate of drug-likeness (QED) is 0.551. The van der Waals surface area contributed by atoms with E-state index >= 15 is 0 Å². The molecular weight excluding hydrogens is 296 g/mol. The predicted molar refractivity (Wildman–Crippen MR) is 95.5 cm³/mol. The lowest BCUT2D eigenvalue weighted by molar-refractivity contribution is 1.15. The van der Waals surface area contributed by atoms with Crippen molar-refractivity contribution in [2.45, 2.75) is 13.8 Å². The van der Waals surface area contributed by atoms with Gasteiger partial charge in [0.1, 0.15) is 6.33 Å². The van der Waals surface area contributed by atoms with Gasteiger partial charge in [0.05, 0.1) is 16.9 Å². The molecule has 0 atom stereocenters. The van der Waals surface area contributed by atoms with Crippen LogP contribution >= 0.6 is 0 Å². The molecule has 0 spiro atoms. The largest absolute Gasteiger partial charge is 0.254 e. The minimum Gasteiger partial charge on any atom is -0.254 e. The molecule has 0 amide bonds. The van der Waals surface area contributed by atoms with E-state index in [1.807, 2.05) is 44.2 Å². The van der Waals surface area contributed by atoms with Gasteiger partial charge in [-0.1, -0.05) is 18.2 Å². The van der Waals surface area contributed by atoms with Crippen molar-refractivity contribution in [3.63, 3.8) is 0 Å². The number of hydrogen-bond donors (Lipinski definition) is 0. The van der Waals surface area contributed by atoms with Gasteiger partial charge in [0.15, 0.2) is 0 Å². The Balaban J connectivity index is 1.93. The molecule has 0 fully saturated rings. The summed E-state index contributed by atoms with van der Waals surface area (Å²) >= 11 is 0. The summed E-state index contributed by atoms with van der Waals surface area (Å²) < 4.78 is 0. The van der Waals surface area contributed by atoms with Crippen LogP contribution in [0.2, 0.25) is 0 Å². The molecule has 0 bridgehead atoms. The third-order valence-electron chi connectivity index (χ3n) is 4.08. The first kappa shape index (κ1) is 14.5. The van der Waals surface area contributed by atoms with Crippen molar-refractivity contribution in [3.8, 4) is 22.5 Å². The molecule has 0 unspecified atom stereocenters. The molecule has 0 saturated carbocycles. The van der Waals surface area contributed by atoms with E-state index in [2.05, 4.69) is 38.1 Å². The van der Waals surface area contributed by atoms with Gasteiger partial charge in [0.25, 0.3) is 0 Å². The molecule has 116 valence electrons. The molecule has 0 saturated heterocycles. The lowest BCUT2D eigenvalue weighted by Crippen LogP contribution is -1.93. The Hall–Kier alpha value is -3.14. The standard InChI is InChI=1S/C20H16N4/c1-13-5-3-7-19(24-13)20-16(6-4-10-21-20)15-8-9-18-17(11-15)14(2)22-12-23-18/h3-12H,1-2H3. The Morgan fingerprint density at radius 1 is 0.833 bits per heavy atom. The van der Waals surface area contributed by atoms with Gasteiger partial charge in [0, 0.05) is 28.5 Å². The number of pyridine rings is 2. The van der Waals surface area contributed by atoms with Crippen LogP contribution in [0.15, 0.2) is 61.1 Å². The minimum absolute atomic E-state index is 0.881. The molecule has 4 rings (SSSR count). The number of nitrogens with zero attached hydrogens (tertiary/aromatic N) is 4. The second-order valence-corrected chi connectivity index (χ2v) is 5.75. The molecule has 4 aromatic rings. The summed E-state index contributed by atoms with van der Waals surface area (Å²) in [5.74, 6) is 0. The number of hydrogen-bond acceptors (Lipinski definition) is 4. The maximum Gasteiger partial charge on any atom is 0.116 e. The highest BCUT2D eigenvalue weighted by molar-refractivity contribution is 5.89. The summed E-state index contributed by atoms with van der Waals surface area (Å²) in [5.41, 5.74) is 6.81. The van der Waals surface area contributed by atoms with Gasteiger partial charge < -0.3 is 0 Å². The highest BCUT2D eigenvalue weighted by Gasteiger charge is 2.11. The Labute approximate surface area is 140 Å².